The molecule has 4 unspecified atom stereocenters. The van der Waals surface area contributed by atoms with Crippen LogP contribution in [-0.2, 0) is 0 Å². The molecule has 4 aromatic carbocycles. The second kappa shape index (κ2) is 8.59. The summed E-state index contributed by atoms with van der Waals surface area (Å²) in [6.45, 7) is 0. The van der Waals surface area contributed by atoms with E-state index in [1.165, 1.54) is 12.2 Å². The number of fused-ring (bicyclic) bond motifs is 6. The molecule has 4 atom stereocenters. The molecule has 0 saturated heterocycles. The van der Waals surface area contributed by atoms with Gasteiger partial charge in [-0.25, -0.2) is 43.9 Å². The fourth-order valence-corrected chi connectivity index (χ4v) is 9.56. The highest BCUT2D eigenvalue weighted by molar-refractivity contribution is 8.09. The molecule has 0 nitrogen and oxygen atoms in total. The number of allylic oxidation sites excluding steroid dienone is 2. The molecule has 0 amide bonds. The maximum absolute atomic E-state index is 14.6. The van der Waals surface area contributed by atoms with E-state index in [9.17, 15) is 43.9 Å². The Morgan fingerprint density at radius 1 is 0.381 bits per heavy atom. The van der Waals surface area contributed by atoms with Crippen molar-refractivity contribution >= 4 is 44.1 Å². The Bertz CT molecular complexity index is 1830. The van der Waals surface area contributed by atoms with Crippen molar-refractivity contribution in [3.05, 3.63) is 128 Å². The van der Waals surface area contributed by atoms with Crippen molar-refractivity contribution in [1.82, 2.24) is 0 Å². The maximum atomic E-state index is 14.6. The summed E-state index contributed by atoms with van der Waals surface area (Å²) in [5.41, 5.74) is 1.22. The average molecular weight is 625 g/mol. The van der Waals surface area contributed by atoms with E-state index in [-0.39, 0.29) is 9.81 Å². The molecule has 4 aromatic rings. The number of hydrogen-bond acceptors (Lipinski definition) is 2. The van der Waals surface area contributed by atoms with Gasteiger partial charge in [-0.1, -0.05) is 36.4 Å². The molecule has 0 fully saturated rings. The molecule has 42 heavy (non-hydrogen) atoms. The van der Waals surface area contributed by atoms with Gasteiger partial charge in [-0.15, -0.1) is 23.5 Å². The molecule has 12 heteroatoms. The second-order valence-corrected chi connectivity index (χ2v) is 12.7. The molecule has 0 radical (unpaired) electrons. The highest BCUT2D eigenvalue weighted by atomic mass is 32.2. The van der Waals surface area contributed by atoms with Gasteiger partial charge in [0.15, 0.2) is 46.5 Å². The van der Waals surface area contributed by atoms with Crippen molar-refractivity contribution in [2.75, 3.05) is 0 Å². The maximum Gasteiger partial charge on any atom is 0.200 e. The van der Waals surface area contributed by atoms with E-state index >= 15 is 0 Å². The summed E-state index contributed by atoms with van der Waals surface area (Å²) in [5, 5.41) is 0.923. The van der Waals surface area contributed by atoms with Crippen LogP contribution >= 0.6 is 23.5 Å². The summed E-state index contributed by atoms with van der Waals surface area (Å²) in [6, 6.07) is 7.14. The highest BCUT2D eigenvalue weighted by Crippen LogP contribution is 2.67. The van der Waals surface area contributed by atoms with E-state index in [0.29, 0.717) is 0 Å². The molecule has 8 rings (SSSR count). The molecule has 0 saturated carbocycles. The molecule has 0 N–H and O–H groups in total. The van der Waals surface area contributed by atoms with Gasteiger partial charge in [0.05, 0.1) is 11.1 Å². The third kappa shape index (κ3) is 3.09. The van der Waals surface area contributed by atoms with Crippen LogP contribution in [-0.4, -0.2) is 0 Å². The van der Waals surface area contributed by atoms with Crippen LogP contribution in [0.3, 0.4) is 0 Å². The minimum Gasteiger partial charge on any atom is -0.203 e. The second-order valence-electron chi connectivity index (χ2n) is 10.3. The zero-order chi connectivity index (χ0) is 29.5. The topological polar surface area (TPSA) is 0 Å². The van der Waals surface area contributed by atoms with Crippen LogP contribution in [0.4, 0.5) is 43.9 Å². The Morgan fingerprint density at radius 3 is 1.00 bits per heavy atom. The predicted octanol–water partition coefficient (Wildman–Crippen LogP) is 10.1. The molecule has 0 spiro atoms. The van der Waals surface area contributed by atoms with Crippen LogP contribution in [0, 0.1) is 58.2 Å². The first-order chi connectivity index (χ1) is 20.0. The standard InChI is InChI=1S/C30H10F10S2/c31-19-17(20(32)24(36)27(39)23(19)35)13-5-11-7-1-2-8-12-6-14(18-21(33)25(37)28(40)26(38)22(18)34)42-30(12)10-4-3-9(29(11)41-13)15(7)16(8)10/h1-6,11-12,29-30H. The van der Waals surface area contributed by atoms with Gasteiger partial charge < -0.3 is 0 Å². The van der Waals surface area contributed by atoms with E-state index in [1.807, 2.05) is 0 Å². The van der Waals surface area contributed by atoms with Crippen LogP contribution in [0.15, 0.2) is 36.4 Å². The Hall–Kier alpha value is -3.38. The van der Waals surface area contributed by atoms with Crippen LogP contribution in [0.5, 0.6) is 0 Å². The monoisotopic (exact) mass is 624 g/mol. The molecule has 2 aliphatic heterocycles. The summed E-state index contributed by atoms with van der Waals surface area (Å²) in [5.74, 6) is -21.0. The number of benzene rings is 4. The lowest BCUT2D eigenvalue weighted by molar-refractivity contribution is 0.376. The van der Waals surface area contributed by atoms with E-state index in [2.05, 4.69) is 0 Å². The lowest BCUT2D eigenvalue weighted by atomic mass is 9.94. The molecule has 0 bridgehead atoms. The van der Waals surface area contributed by atoms with E-state index in [1.54, 1.807) is 24.3 Å². The van der Waals surface area contributed by atoms with Crippen LogP contribution in [0.1, 0.15) is 55.7 Å². The van der Waals surface area contributed by atoms with Crippen molar-refractivity contribution < 1.29 is 43.9 Å². The number of halogens is 10. The lowest BCUT2D eigenvalue weighted by Crippen LogP contribution is -2.05. The normalized spacial score (nSPS) is 23.1. The third-order valence-electron chi connectivity index (χ3n) is 8.36. The summed E-state index contributed by atoms with van der Waals surface area (Å²) < 4.78 is 141. The number of hydrogen-bond donors (Lipinski definition) is 0. The van der Waals surface area contributed by atoms with Gasteiger partial charge >= 0.3 is 0 Å². The van der Waals surface area contributed by atoms with Crippen LogP contribution in [0.2, 0.25) is 0 Å². The summed E-state index contributed by atoms with van der Waals surface area (Å²) in [4.78, 5) is -0.134. The Kier molecular flexibility index (Phi) is 5.37. The van der Waals surface area contributed by atoms with Gasteiger partial charge in [0, 0.05) is 32.1 Å². The molecule has 0 aromatic heterocycles. The van der Waals surface area contributed by atoms with E-state index < -0.39 is 91.6 Å². The van der Waals surface area contributed by atoms with E-state index in [0.717, 1.165) is 56.6 Å². The van der Waals surface area contributed by atoms with Gasteiger partial charge in [0.1, 0.15) is 0 Å². The molecule has 4 aliphatic rings. The average Bonchev–Trinajstić information content (AvgIpc) is 3.73. The Balaban J connectivity index is 1.23. The zero-order valence-electron chi connectivity index (χ0n) is 20.4. The van der Waals surface area contributed by atoms with Gasteiger partial charge in [-0.05, 0) is 33.0 Å². The zero-order valence-corrected chi connectivity index (χ0v) is 22.0. The lowest BCUT2D eigenvalue weighted by Gasteiger charge is -2.14. The fourth-order valence-electron chi connectivity index (χ4n) is 6.58. The van der Waals surface area contributed by atoms with Crippen molar-refractivity contribution in [2.45, 2.75) is 22.3 Å². The van der Waals surface area contributed by atoms with E-state index in [4.69, 9.17) is 0 Å². The molecular formula is C30H10F10S2. The first-order valence-electron chi connectivity index (χ1n) is 12.4. The van der Waals surface area contributed by atoms with Crippen molar-refractivity contribution in [2.24, 2.45) is 0 Å². The summed E-state index contributed by atoms with van der Waals surface area (Å²) >= 11 is 1.99. The minimum atomic E-state index is -2.23. The molecule has 2 heterocycles. The number of rotatable bonds is 2. The molecular weight excluding hydrogens is 614 g/mol. The van der Waals surface area contributed by atoms with Crippen LogP contribution in [0.25, 0.3) is 20.6 Å². The molecule has 212 valence electrons. The van der Waals surface area contributed by atoms with Gasteiger partial charge in [0.25, 0.3) is 0 Å². The summed E-state index contributed by atoms with van der Waals surface area (Å²) in [7, 11) is 0. The predicted molar refractivity (Wildman–Crippen MR) is 139 cm³/mol. The Labute approximate surface area is 238 Å². The smallest absolute Gasteiger partial charge is 0.200 e. The van der Waals surface area contributed by atoms with Crippen molar-refractivity contribution in [3.63, 3.8) is 0 Å². The highest BCUT2D eigenvalue weighted by Gasteiger charge is 2.46. The Morgan fingerprint density at radius 2 is 0.667 bits per heavy atom. The third-order valence-corrected chi connectivity index (χ3v) is 11.1. The minimum absolute atomic E-state index is 0.0672. The molecule has 2 aliphatic carbocycles. The first kappa shape index (κ1) is 26.3. The van der Waals surface area contributed by atoms with Crippen molar-refractivity contribution in [3.8, 4) is 0 Å². The quantitative estimate of drug-likeness (QED) is 0.124. The van der Waals surface area contributed by atoms with Gasteiger partial charge in [0.2, 0.25) is 11.6 Å². The fraction of sp³-hybridized carbons (Fsp3) is 0.133. The van der Waals surface area contributed by atoms with Crippen LogP contribution < -0.4 is 0 Å². The summed E-state index contributed by atoms with van der Waals surface area (Å²) in [6.07, 6.45) is 2.99. The van der Waals surface area contributed by atoms with Crippen molar-refractivity contribution in [1.29, 1.82) is 0 Å². The SMILES string of the molecule is Fc1c(F)c(F)c(C2=CC3c4ccc5c6c(ccc(c46)C3S2)C2SC(c3c(F)c(F)c(F)c(F)c3F)=CC52)c(F)c1F. The van der Waals surface area contributed by atoms with Gasteiger partial charge in [-0.3, -0.25) is 0 Å². The largest absolute Gasteiger partial charge is 0.203 e. The first-order valence-corrected chi connectivity index (χ1v) is 14.2. The van der Waals surface area contributed by atoms with Gasteiger partial charge in [-0.2, -0.15) is 0 Å². The number of thioether (sulfide) groups is 2.